The fraction of sp³-hybridized carbons (Fsp3) is 0.600. The zero-order chi connectivity index (χ0) is 15.7. The quantitative estimate of drug-likeness (QED) is 0.804. The summed E-state index contributed by atoms with van der Waals surface area (Å²) in [7, 11) is 0. The van der Waals surface area contributed by atoms with E-state index in [4.69, 9.17) is 0 Å². The maximum Gasteiger partial charge on any atom is 0.418 e. The number of hydrogen-bond donors (Lipinski definition) is 2. The highest BCUT2D eigenvalue weighted by Crippen LogP contribution is 2.37. The van der Waals surface area contributed by atoms with Gasteiger partial charge in [-0.25, -0.2) is 0 Å². The Labute approximate surface area is 130 Å². The van der Waals surface area contributed by atoms with Crippen molar-refractivity contribution in [3.63, 3.8) is 0 Å². The third-order valence-electron chi connectivity index (χ3n) is 4.10. The Balaban J connectivity index is 2.11. The summed E-state index contributed by atoms with van der Waals surface area (Å²) >= 11 is 3.18. The van der Waals surface area contributed by atoms with Crippen LogP contribution in [0.4, 0.5) is 18.9 Å². The van der Waals surface area contributed by atoms with E-state index in [1.165, 1.54) is 12.1 Å². The van der Waals surface area contributed by atoms with Crippen molar-refractivity contribution < 1.29 is 18.3 Å². The molecular formula is C15H19BrF3NO. The second-order valence-electron chi connectivity index (χ2n) is 5.95. The molecule has 0 aliphatic heterocycles. The molecule has 0 spiro atoms. The first-order chi connectivity index (χ1) is 9.70. The molecule has 6 heteroatoms. The molecular weight excluding hydrogens is 347 g/mol. The lowest BCUT2D eigenvalue weighted by Crippen LogP contribution is -2.40. The van der Waals surface area contributed by atoms with Crippen LogP contribution in [-0.4, -0.2) is 17.3 Å². The van der Waals surface area contributed by atoms with Gasteiger partial charge in [-0.2, -0.15) is 13.2 Å². The van der Waals surface area contributed by atoms with Crippen LogP contribution in [0.3, 0.4) is 0 Å². The van der Waals surface area contributed by atoms with Gasteiger partial charge >= 0.3 is 6.18 Å². The average Bonchev–Trinajstić information content (AvgIpc) is 2.39. The molecule has 0 amide bonds. The molecule has 0 atom stereocenters. The van der Waals surface area contributed by atoms with Gasteiger partial charge in [0.25, 0.3) is 0 Å². The number of nitrogens with one attached hydrogen (secondary N) is 1. The van der Waals surface area contributed by atoms with Crippen molar-refractivity contribution in [3.8, 4) is 0 Å². The van der Waals surface area contributed by atoms with E-state index < -0.39 is 17.3 Å². The molecule has 118 valence electrons. The Bertz CT molecular complexity index is 496. The third kappa shape index (κ3) is 4.36. The summed E-state index contributed by atoms with van der Waals surface area (Å²) in [5, 5.41) is 13.2. The summed E-state index contributed by atoms with van der Waals surface area (Å²) in [5.74, 6) is 0.571. The molecule has 0 unspecified atom stereocenters. The Hall–Kier alpha value is -0.750. The van der Waals surface area contributed by atoms with E-state index in [1.54, 1.807) is 0 Å². The second-order valence-corrected chi connectivity index (χ2v) is 6.86. The number of anilines is 1. The topological polar surface area (TPSA) is 32.3 Å². The minimum atomic E-state index is -4.41. The minimum Gasteiger partial charge on any atom is -0.388 e. The SMILES string of the molecule is CC1CCC(O)(CNc2cc(Br)ccc2C(F)(F)F)CC1. The lowest BCUT2D eigenvalue weighted by molar-refractivity contribution is -0.137. The van der Waals surface area contributed by atoms with Crippen molar-refractivity contribution in [2.75, 3.05) is 11.9 Å². The maximum atomic E-state index is 13.0. The van der Waals surface area contributed by atoms with E-state index in [2.05, 4.69) is 28.2 Å². The van der Waals surface area contributed by atoms with Crippen LogP contribution in [-0.2, 0) is 6.18 Å². The van der Waals surface area contributed by atoms with Gasteiger partial charge in [0, 0.05) is 16.7 Å². The number of aliphatic hydroxyl groups is 1. The summed E-state index contributed by atoms with van der Waals surface area (Å²) in [6.45, 7) is 2.27. The molecule has 2 rings (SSSR count). The molecule has 1 fully saturated rings. The van der Waals surface area contributed by atoms with Crippen molar-refractivity contribution in [2.45, 2.75) is 44.4 Å². The molecule has 0 saturated heterocycles. The molecule has 21 heavy (non-hydrogen) atoms. The molecule has 0 aromatic heterocycles. The van der Waals surface area contributed by atoms with Gasteiger partial charge in [0.1, 0.15) is 0 Å². The standard InChI is InChI=1S/C15H19BrF3NO/c1-10-4-6-14(21,7-5-10)9-20-13-8-11(16)2-3-12(13)15(17,18)19/h2-3,8,10,20-21H,4-7,9H2,1H3. The van der Waals surface area contributed by atoms with E-state index in [9.17, 15) is 18.3 Å². The molecule has 1 aliphatic rings. The van der Waals surface area contributed by atoms with E-state index in [0.29, 0.717) is 23.2 Å². The summed E-state index contributed by atoms with van der Waals surface area (Å²) in [4.78, 5) is 0. The first-order valence-corrected chi connectivity index (χ1v) is 7.82. The molecule has 1 aromatic rings. The predicted molar refractivity (Wildman–Crippen MR) is 80.2 cm³/mol. The van der Waals surface area contributed by atoms with Gasteiger partial charge in [-0.15, -0.1) is 0 Å². The van der Waals surface area contributed by atoms with Crippen LogP contribution >= 0.6 is 15.9 Å². The van der Waals surface area contributed by atoms with Crippen molar-refractivity contribution in [3.05, 3.63) is 28.2 Å². The van der Waals surface area contributed by atoms with Crippen molar-refractivity contribution in [1.29, 1.82) is 0 Å². The molecule has 0 heterocycles. The van der Waals surface area contributed by atoms with Gasteiger partial charge in [-0.3, -0.25) is 0 Å². The largest absolute Gasteiger partial charge is 0.418 e. The van der Waals surface area contributed by atoms with Crippen molar-refractivity contribution >= 4 is 21.6 Å². The average molecular weight is 366 g/mol. The van der Waals surface area contributed by atoms with Gasteiger partial charge in [0.2, 0.25) is 0 Å². The number of hydrogen-bond acceptors (Lipinski definition) is 2. The molecule has 0 bridgehead atoms. The normalized spacial score (nSPS) is 26.7. The fourth-order valence-corrected chi connectivity index (χ4v) is 3.01. The Morgan fingerprint density at radius 1 is 1.33 bits per heavy atom. The van der Waals surface area contributed by atoms with Gasteiger partial charge < -0.3 is 10.4 Å². The highest BCUT2D eigenvalue weighted by molar-refractivity contribution is 9.10. The Morgan fingerprint density at radius 3 is 2.52 bits per heavy atom. The summed E-state index contributed by atoms with van der Waals surface area (Å²) < 4.78 is 39.5. The van der Waals surface area contributed by atoms with Crippen LogP contribution < -0.4 is 5.32 Å². The minimum absolute atomic E-state index is 0.00363. The number of alkyl halides is 3. The van der Waals surface area contributed by atoms with E-state index >= 15 is 0 Å². The van der Waals surface area contributed by atoms with Crippen LogP contribution in [0.25, 0.3) is 0 Å². The molecule has 1 aromatic carbocycles. The van der Waals surface area contributed by atoms with Gasteiger partial charge in [0.05, 0.1) is 11.2 Å². The monoisotopic (exact) mass is 365 g/mol. The Kier molecular flexibility index (Phi) is 4.88. The summed E-state index contributed by atoms with van der Waals surface area (Å²) in [6, 6.07) is 3.81. The van der Waals surface area contributed by atoms with E-state index in [-0.39, 0.29) is 12.2 Å². The van der Waals surface area contributed by atoms with Gasteiger partial charge in [0.15, 0.2) is 0 Å². The van der Waals surface area contributed by atoms with Crippen LogP contribution in [0.15, 0.2) is 22.7 Å². The first-order valence-electron chi connectivity index (χ1n) is 7.03. The van der Waals surface area contributed by atoms with Crippen LogP contribution in [0.2, 0.25) is 0 Å². The molecule has 1 saturated carbocycles. The molecule has 1 aliphatic carbocycles. The third-order valence-corrected chi connectivity index (χ3v) is 4.59. The smallest absolute Gasteiger partial charge is 0.388 e. The fourth-order valence-electron chi connectivity index (χ4n) is 2.65. The first kappa shape index (κ1) is 16.6. The molecule has 0 radical (unpaired) electrons. The summed E-state index contributed by atoms with van der Waals surface area (Å²) in [5.41, 5.74) is -1.63. The molecule has 2 nitrogen and oxygen atoms in total. The van der Waals surface area contributed by atoms with Gasteiger partial charge in [-0.05, 0) is 49.8 Å². The molecule has 2 N–H and O–H groups in total. The van der Waals surface area contributed by atoms with E-state index in [1.807, 2.05) is 0 Å². The number of halogens is 4. The van der Waals surface area contributed by atoms with Crippen molar-refractivity contribution in [2.24, 2.45) is 5.92 Å². The summed E-state index contributed by atoms with van der Waals surface area (Å²) in [6.07, 6.45) is -1.36. The highest BCUT2D eigenvalue weighted by atomic mass is 79.9. The lowest BCUT2D eigenvalue weighted by Gasteiger charge is -2.35. The van der Waals surface area contributed by atoms with Crippen LogP contribution in [0, 0.1) is 5.92 Å². The van der Waals surface area contributed by atoms with Crippen LogP contribution in [0.5, 0.6) is 0 Å². The number of rotatable bonds is 3. The van der Waals surface area contributed by atoms with Crippen molar-refractivity contribution in [1.82, 2.24) is 0 Å². The van der Waals surface area contributed by atoms with Crippen LogP contribution in [0.1, 0.15) is 38.2 Å². The van der Waals surface area contributed by atoms with Gasteiger partial charge in [-0.1, -0.05) is 22.9 Å². The number of benzene rings is 1. The zero-order valence-corrected chi connectivity index (χ0v) is 13.4. The predicted octanol–water partition coefficient (Wildman–Crippen LogP) is 4.82. The van der Waals surface area contributed by atoms with E-state index in [0.717, 1.165) is 18.9 Å². The highest BCUT2D eigenvalue weighted by Gasteiger charge is 2.35. The Morgan fingerprint density at radius 2 is 1.95 bits per heavy atom. The second kappa shape index (κ2) is 6.16. The lowest BCUT2D eigenvalue weighted by atomic mass is 9.79. The zero-order valence-electron chi connectivity index (χ0n) is 11.8. The maximum absolute atomic E-state index is 13.0.